The van der Waals surface area contributed by atoms with E-state index in [1.165, 1.54) is 18.5 Å². The largest absolute Gasteiger partial charge is 0.296 e. The van der Waals surface area contributed by atoms with Crippen LogP contribution in [0.25, 0.3) is 0 Å². The summed E-state index contributed by atoms with van der Waals surface area (Å²) in [5.41, 5.74) is 1.41. The average Bonchev–Trinajstić information content (AvgIpc) is 2.78. The molecule has 0 spiro atoms. The lowest BCUT2D eigenvalue weighted by molar-refractivity contribution is 0.255. The molecule has 0 radical (unpaired) electrons. The Morgan fingerprint density at radius 2 is 2.13 bits per heavy atom. The van der Waals surface area contributed by atoms with Gasteiger partial charge in [-0.2, -0.15) is 0 Å². The molecular weight excluding hydrogens is 206 g/mol. The van der Waals surface area contributed by atoms with Gasteiger partial charge in [-0.3, -0.25) is 4.90 Å². The topological polar surface area (TPSA) is 3.24 Å². The number of halogens is 1. The third-order valence-corrected chi connectivity index (χ3v) is 3.80. The van der Waals surface area contributed by atoms with Gasteiger partial charge < -0.3 is 0 Å². The van der Waals surface area contributed by atoms with E-state index in [-0.39, 0.29) is 0 Å². The van der Waals surface area contributed by atoms with Crippen LogP contribution >= 0.6 is 11.6 Å². The van der Waals surface area contributed by atoms with E-state index in [0.717, 1.165) is 12.4 Å². The molecule has 0 saturated carbocycles. The molecule has 2 rings (SSSR count). The molecule has 15 heavy (non-hydrogen) atoms. The molecule has 2 atom stereocenters. The van der Waals surface area contributed by atoms with Crippen LogP contribution < -0.4 is 0 Å². The number of benzene rings is 1. The van der Waals surface area contributed by atoms with E-state index in [2.05, 4.69) is 42.2 Å². The zero-order valence-corrected chi connectivity index (χ0v) is 9.95. The summed E-state index contributed by atoms with van der Waals surface area (Å²) >= 11 is 5.90. The van der Waals surface area contributed by atoms with Crippen molar-refractivity contribution in [3.05, 3.63) is 35.9 Å². The lowest BCUT2D eigenvalue weighted by Crippen LogP contribution is -2.24. The maximum Gasteiger partial charge on any atom is 0.0320 e. The Balaban J connectivity index is 2.00. The highest BCUT2D eigenvalue weighted by Crippen LogP contribution is 2.27. The first-order valence-corrected chi connectivity index (χ1v) is 6.19. The molecule has 0 unspecified atom stereocenters. The highest BCUT2D eigenvalue weighted by atomic mass is 35.5. The molecule has 0 aromatic heterocycles. The SMILES string of the molecule is C[C@@H](c1ccccc1)N1CC[C@H](CCl)C1. The fraction of sp³-hybridized carbons (Fsp3) is 0.538. The Kier molecular flexibility index (Phi) is 3.66. The molecule has 1 aromatic carbocycles. The molecule has 1 nitrogen and oxygen atoms in total. The summed E-state index contributed by atoms with van der Waals surface area (Å²) < 4.78 is 0. The van der Waals surface area contributed by atoms with Crippen molar-refractivity contribution in [2.24, 2.45) is 5.92 Å². The second kappa shape index (κ2) is 5.00. The fourth-order valence-electron chi connectivity index (χ4n) is 2.28. The van der Waals surface area contributed by atoms with Crippen molar-refractivity contribution in [1.82, 2.24) is 4.90 Å². The second-order valence-electron chi connectivity index (χ2n) is 4.39. The van der Waals surface area contributed by atoms with E-state index in [0.29, 0.717) is 12.0 Å². The fourth-order valence-corrected chi connectivity index (χ4v) is 2.53. The van der Waals surface area contributed by atoms with Gasteiger partial charge in [0.25, 0.3) is 0 Å². The first-order valence-electron chi connectivity index (χ1n) is 5.66. The lowest BCUT2D eigenvalue weighted by atomic mass is 10.1. The normalized spacial score (nSPS) is 24.3. The minimum absolute atomic E-state index is 0.527. The molecule has 0 N–H and O–H groups in total. The van der Waals surface area contributed by atoms with Crippen LogP contribution in [0.1, 0.15) is 24.9 Å². The Hall–Kier alpha value is -0.530. The quantitative estimate of drug-likeness (QED) is 0.711. The van der Waals surface area contributed by atoms with E-state index in [1.54, 1.807) is 0 Å². The molecule has 82 valence electrons. The van der Waals surface area contributed by atoms with Gasteiger partial charge in [0.05, 0.1) is 0 Å². The Labute approximate surface area is 97.0 Å². The Morgan fingerprint density at radius 3 is 2.73 bits per heavy atom. The van der Waals surface area contributed by atoms with Crippen molar-refractivity contribution in [3.63, 3.8) is 0 Å². The zero-order chi connectivity index (χ0) is 10.7. The zero-order valence-electron chi connectivity index (χ0n) is 9.20. The molecule has 1 aliphatic rings. The van der Waals surface area contributed by atoms with Gasteiger partial charge in [-0.25, -0.2) is 0 Å². The van der Waals surface area contributed by atoms with Crippen molar-refractivity contribution in [2.75, 3.05) is 19.0 Å². The van der Waals surface area contributed by atoms with Crippen LogP contribution in [0.5, 0.6) is 0 Å². The smallest absolute Gasteiger partial charge is 0.0320 e. The second-order valence-corrected chi connectivity index (χ2v) is 4.70. The number of hydrogen-bond donors (Lipinski definition) is 0. The summed E-state index contributed by atoms with van der Waals surface area (Å²) in [6.45, 7) is 4.62. The highest BCUT2D eigenvalue weighted by molar-refractivity contribution is 6.18. The number of alkyl halides is 1. The third kappa shape index (κ3) is 2.53. The van der Waals surface area contributed by atoms with Gasteiger partial charge in [0.1, 0.15) is 0 Å². The van der Waals surface area contributed by atoms with Crippen molar-refractivity contribution in [3.8, 4) is 0 Å². The third-order valence-electron chi connectivity index (χ3n) is 3.37. The molecule has 1 aromatic rings. The highest BCUT2D eigenvalue weighted by Gasteiger charge is 2.25. The molecule has 2 heteroatoms. The number of hydrogen-bond acceptors (Lipinski definition) is 1. The average molecular weight is 224 g/mol. The predicted molar refractivity (Wildman–Crippen MR) is 65.3 cm³/mol. The number of likely N-dealkylation sites (tertiary alicyclic amines) is 1. The molecule has 1 heterocycles. The van der Waals surface area contributed by atoms with Crippen molar-refractivity contribution < 1.29 is 0 Å². The first-order chi connectivity index (χ1) is 7.31. The van der Waals surface area contributed by atoms with Gasteiger partial charge in [0, 0.05) is 18.5 Å². The summed E-state index contributed by atoms with van der Waals surface area (Å²) in [5.74, 6) is 1.50. The Morgan fingerprint density at radius 1 is 1.40 bits per heavy atom. The molecule has 0 amide bonds. The van der Waals surface area contributed by atoms with Crippen molar-refractivity contribution in [2.45, 2.75) is 19.4 Å². The maximum absolute atomic E-state index is 5.90. The molecule has 0 aliphatic carbocycles. The number of nitrogens with zero attached hydrogens (tertiary/aromatic N) is 1. The summed E-state index contributed by atoms with van der Waals surface area (Å²) in [6.07, 6.45) is 1.25. The molecule has 1 aliphatic heterocycles. The summed E-state index contributed by atoms with van der Waals surface area (Å²) in [4.78, 5) is 2.53. The van der Waals surface area contributed by atoms with Crippen LogP contribution in [0.15, 0.2) is 30.3 Å². The monoisotopic (exact) mass is 223 g/mol. The van der Waals surface area contributed by atoms with Crippen LogP contribution in [0, 0.1) is 5.92 Å². The molecule has 0 bridgehead atoms. The van der Waals surface area contributed by atoms with Gasteiger partial charge in [-0.15, -0.1) is 11.6 Å². The van der Waals surface area contributed by atoms with E-state index in [4.69, 9.17) is 11.6 Å². The van der Waals surface area contributed by atoms with Crippen molar-refractivity contribution in [1.29, 1.82) is 0 Å². The molecule has 1 fully saturated rings. The van der Waals surface area contributed by atoms with Crippen LogP contribution in [-0.4, -0.2) is 23.9 Å². The van der Waals surface area contributed by atoms with Gasteiger partial charge in [-0.05, 0) is 31.4 Å². The van der Waals surface area contributed by atoms with E-state index < -0.39 is 0 Å². The lowest BCUT2D eigenvalue weighted by Gasteiger charge is -2.24. The first kappa shape index (κ1) is 11.0. The van der Waals surface area contributed by atoms with E-state index >= 15 is 0 Å². The number of rotatable bonds is 3. The van der Waals surface area contributed by atoms with Crippen LogP contribution in [0.3, 0.4) is 0 Å². The maximum atomic E-state index is 5.90. The molecule has 1 saturated heterocycles. The van der Waals surface area contributed by atoms with Gasteiger partial charge in [-0.1, -0.05) is 30.3 Å². The summed E-state index contributed by atoms with van der Waals surface area (Å²) in [5, 5.41) is 0. The minimum atomic E-state index is 0.527. The summed E-state index contributed by atoms with van der Waals surface area (Å²) in [6, 6.07) is 11.2. The van der Waals surface area contributed by atoms with Gasteiger partial charge in [0.15, 0.2) is 0 Å². The van der Waals surface area contributed by atoms with Crippen molar-refractivity contribution >= 4 is 11.6 Å². The van der Waals surface area contributed by atoms with Crippen LogP contribution in [0.2, 0.25) is 0 Å². The van der Waals surface area contributed by atoms with Gasteiger partial charge >= 0.3 is 0 Å². The standard InChI is InChI=1S/C13H18ClN/c1-11(13-5-3-2-4-6-13)15-8-7-12(9-14)10-15/h2-6,11-12H,7-10H2,1H3/t11-,12+/m0/s1. The predicted octanol–water partition coefficient (Wildman–Crippen LogP) is 3.31. The van der Waals surface area contributed by atoms with Gasteiger partial charge in [0.2, 0.25) is 0 Å². The minimum Gasteiger partial charge on any atom is -0.296 e. The van der Waals surface area contributed by atoms with Crippen LogP contribution in [-0.2, 0) is 0 Å². The van der Waals surface area contributed by atoms with Crippen LogP contribution in [0.4, 0.5) is 0 Å². The Bertz CT molecular complexity index is 299. The summed E-state index contributed by atoms with van der Waals surface area (Å²) in [7, 11) is 0. The van der Waals surface area contributed by atoms with E-state index in [1.807, 2.05) is 0 Å². The molecular formula is C13H18ClN. The van der Waals surface area contributed by atoms with E-state index in [9.17, 15) is 0 Å².